The average molecular weight is 454 g/mol. The molecule has 0 aliphatic heterocycles. The first kappa shape index (κ1) is 22.0. The molecule has 3 aromatic carbocycles. The number of carbonyl (C=O) groups excluding carboxylic acids is 1. The molecule has 172 valence electrons. The van der Waals surface area contributed by atoms with E-state index in [4.69, 9.17) is 14.8 Å². The maximum atomic E-state index is 11.6. The van der Waals surface area contributed by atoms with Crippen molar-refractivity contribution in [1.29, 1.82) is 0 Å². The second-order valence-corrected chi connectivity index (χ2v) is 8.94. The maximum absolute atomic E-state index is 11.6. The molecule has 0 spiro atoms. The Balaban J connectivity index is 1.47. The molecule has 5 heteroatoms. The zero-order valence-electron chi connectivity index (χ0n) is 19.1. The van der Waals surface area contributed by atoms with Crippen molar-refractivity contribution in [2.75, 3.05) is 0 Å². The molecule has 5 rings (SSSR count). The Morgan fingerprint density at radius 2 is 1.76 bits per heavy atom. The van der Waals surface area contributed by atoms with Gasteiger partial charge < -0.3 is 14.4 Å². The highest BCUT2D eigenvalue weighted by Crippen LogP contribution is 2.38. The van der Waals surface area contributed by atoms with Gasteiger partial charge in [-0.05, 0) is 79.6 Å². The van der Waals surface area contributed by atoms with Crippen LogP contribution in [-0.2, 0) is 6.61 Å². The van der Waals surface area contributed by atoms with Crippen molar-refractivity contribution in [3.63, 3.8) is 0 Å². The van der Waals surface area contributed by atoms with Crippen molar-refractivity contribution in [2.45, 2.75) is 38.3 Å². The molecule has 1 aliphatic carbocycles. The van der Waals surface area contributed by atoms with E-state index in [0.717, 1.165) is 59.4 Å². The molecule has 1 fully saturated rings. The van der Waals surface area contributed by atoms with Gasteiger partial charge in [0.2, 0.25) is 0 Å². The van der Waals surface area contributed by atoms with Crippen molar-refractivity contribution in [1.82, 2.24) is 9.55 Å². The van der Waals surface area contributed by atoms with Gasteiger partial charge in [-0.2, -0.15) is 0 Å². The Labute approximate surface area is 199 Å². The maximum Gasteiger partial charge on any atom is 0.549 e. The number of imidazole rings is 1. The van der Waals surface area contributed by atoms with Gasteiger partial charge in [-0.15, -0.1) is 6.58 Å². The number of benzene rings is 3. The SMILES string of the molecule is C=CC1CCC(n2c(-c3ccc(OCc4ccccc4)cc3)nc3cc(C(=O)[OH2+])ccc32)CC1. The van der Waals surface area contributed by atoms with Crippen LogP contribution in [0.1, 0.15) is 47.6 Å². The molecule has 0 radical (unpaired) electrons. The number of ether oxygens (including phenoxy) is 1. The number of aromatic nitrogens is 2. The molecule has 4 aromatic rings. The highest BCUT2D eigenvalue weighted by atomic mass is 16.5. The summed E-state index contributed by atoms with van der Waals surface area (Å²) in [6.45, 7) is 4.50. The molecule has 1 aromatic heterocycles. The molecule has 5 nitrogen and oxygen atoms in total. The van der Waals surface area contributed by atoms with Crippen LogP contribution < -0.4 is 4.74 Å². The van der Waals surface area contributed by atoms with Gasteiger partial charge in [-0.25, -0.2) is 4.98 Å². The Morgan fingerprint density at radius 3 is 2.44 bits per heavy atom. The lowest BCUT2D eigenvalue weighted by Crippen LogP contribution is -2.18. The van der Waals surface area contributed by atoms with Crippen LogP contribution in [0.4, 0.5) is 0 Å². The standard InChI is InChI=1S/C29H28N2O3/c1-2-20-8-13-24(14-9-20)31-27-17-12-23(29(32)33)18-26(27)30-28(31)22-10-15-25(16-11-22)34-19-21-6-4-3-5-7-21/h2-7,10-12,15-18,20,24H,1,8-9,13-14,19H2,(H,32,33)/p+1. The summed E-state index contributed by atoms with van der Waals surface area (Å²) in [7, 11) is 0. The fourth-order valence-electron chi connectivity index (χ4n) is 4.85. The van der Waals surface area contributed by atoms with Crippen LogP contribution in [0.25, 0.3) is 22.4 Å². The second kappa shape index (κ2) is 9.56. The van der Waals surface area contributed by atoms with Crippen molar-refractivity contribution in [2.24, 2.45) is 5.92 Å². The van der Waals surface area contributed by atoms with Gasteiger partial charge in [-0.1, -0.05) is 36.4 Å². The number of rotatable bonds is 7. The third-order valence-electron chi connectivity index (χ3n) is 6.75. The molecule has 0 bridgehead atoms. The first-order valence-corrected chi connectivity index (χ1v) is 11.8. The van der Waals surface area contributed by atoms with Crippen molar-refractivity contribution in [3.8, 4) is 17.1 Å². The molecular weight excluding hydrogens is 424 g/mol. The summed E-state index contributed by atoms with van der Waals surface area (Å²) in [5.41, 5.74) is 4.26. The van der Waals surface area contributed by atoms with E-state index in [-0.39, 0.29) is 0 Å². The molecule has 2 N–H and O–H groups in total. The minimum Gasteiger partial charge on any atom is -0.561 e. The average Bonchev–Trinajstić information content (AvgIpc) is 3.27. The van der Waals surface area contributed by atoms with E-state index in [9.17, 15) is 4.79 Å². The monoisotopic (exact) mass is 453 g/mol. The molecule has 0 atom stereocenters. The lowest BCUT2D eigenvalue weighted by atomic mass is 9.86. The highest BCUT2D eigenvalue weighted by molar-refractivity contribution is 5.93. The quantitative estimate of drug-likeness (QED) is 0.252. The minimum absolute atomic E-state index is 0.336. The van der Waals surface area contributed by atoms with Crippen LogP contribution in [0.3, 0.4) is 0 Å². The zero-order chi connectivity index (χ0) is 23.5. The van der Waals surface area contributed by atoms with Crippen LogP contribution in [0.2, 0.25) is 0 Å². The van der Waals surface area contributed by atoms with Crippen molar-refractivity contribution < 1.29 is 14.6 Å². The first-order valence-electron chi connectivity index (χ1n) is 11.8. The van der Waals surface area contributed by atoms with E-state index in [1.54, 1.807) is 12.1 Å². The Bertz CT molecular complexity index is 1300. The van der Waals surface area contributed by atoms with Crippen LogP contribution in [0, 0.1) is 5.92 Å². The number of hydrogen-bond donors (Lipinski definition) is 0. The van der Waals surface area contributed by atoms with E-state index in [1.165, 1.54) is 0 Å². The summed E-state index contributed by atoms with van der Waals surface area (Å²) < 4.78 is 8.29. The Hall–Kier alpha value is -3.86. The summed E-state index contributed by atoms with van der Waals surface area (Å²) in [5.74, 6) is 1.58. The summed E-state index contributed by atoms with van der Waals surface area (Å²) in [6, 6.07) is 23.9. The lowest BCUT2D eigenvalue weighted by Gasteiger charge is -2.29. The molecule has 0 saturated heterocycles. The normalized spacial score (nSPS) is 18.0. The molecule has 34 heavy (non-hydrogen) atoms. The number of carbonyl (C=O) groups is 1. The Morgan fingerprint density at radius 1 is 1.03 bits per heavy atom. The van der Waals surface area contributed by atoms with Gasteiger partial charge in [0.05, 0.1) is 11.0 Å². The van der Waals surface area contributed by atoms with Gasteiger partial charge >= 0.3 is 5.97 Å². The predicted octanol–water partition coefficient (Wildman–Crippen LogP) is 6.06. The minimum atomic E-state index is -0.690. The summed E-state index contributed by atoms with van der Waals surface area (Å²) in [6.07, 6.45) is 6.42. The Kier molecular flexibility index (Phi) is 6.17. The molecule has 0 amide bonds. The van der Waals surface area contributed by atoms with E-state index in [2.05, 4.69) is 17.2 Å². The third kappa shape index (κ3) is 4.46. The molecule has 0 unspecified atom stereocenters. The smallest absolute Gasteiger partial charge is 0.549 e. The largest absolute Gasteiger partial charge is 0.561 e. The van der Waals surface area contributed by atoms with Crippen LogP contribution in [0.15, 0.2) is 85.5 Å². The van der Waals surface area contributed by atoms with E-state index < -0.39 is 5.97 Å². The van der Waals surface area contributed by atoms with Crippen molar-refractivity contribution >= 4 is 17.0 Å². The fourth-order valence-corrected chi connectivity index (χ4v) is 4.85. The zero-order valence-corrected chi connectivity index (χ0v) is 19.1. The summed E-state index contributed by atoms with van der Waals surface area (Å²) in [5, 5.41) is 7.49. The van der Waals surface area contributed by atoms with E-state index in [1.807, 2.05) is 60.7 Å². The van der Waals surface area contributed by atoms with Gasteiger partial charge in [0.1, 0.15) is 23.7 Å². The highest BCUT2D eigenvalue weighted by Gasteiger charge is 2.26. The molecule has 1 aliphatic rings. The number of nitrogens with zero attached hydrogens (tertiary/aromatic N) is 2. The summed E-state index contributed by atoms with van der Waals surface area (Å²) in [4.78, 5) is 16.6. The van der Waals surface area contributed by atoms with E-state index >= 15 is 0 Å². The van der Waals surface area contributed by atoms with Crippen molar-refractivity contribution in [3.05, 3.63) is 96.6 Å². The fraction of sp³-hybridized carbons (Fsp3) is 0.241. The number of fused-ring (bicyclic) bond motifs is 1. The van der Waals surface area contributed by atoms with Crippen LogP contribution in [0.5, 0.6) is 5.75 Å². The number of allylic oxidation sites excluding steroid dienone is 1. The molecule has 1 saturated carbocycles. The third-order valence-corrected chi connectivity index (χ3v) is 6.75. The van der Waals surface area contributed by atoms with Crippen LogP contribution in [-0.4, -0.2) is 20.6 Å². The second-order valence-electron chi connectivity index (χ2n) is 8.94. The van der Waals surface area contributed by atoms with Gasteiger partial charge in [-0.3, -0.25) is 0 Å². The number of hydrogen-bond acceptors (Lipinski definition) is 3. The first-order chi connectivity index (χ1) is 16.6. The predicted molar refractivity (Wildman–Crippen MR) is 135 cm³/mol. The van der Waals surface area contributed by atoms with Gasteiger partial charge in [0.25, 0.3) is 0 Å². The summed E-state index contributed by atoms with van der Waals surface area (Å²) >= 11 is 0. The lowest BCUT2D eigenvalue weighted by molar-refractivity contribution is 0.0697. The topological polar surface area (TPSA) is 67.0 Å². The van der Waals surface area contributed by atoms with E-state index in [0.29, 0.717) is 24.1 Å². The van der Waals surface area contributed by atoms with Crippen LogP contribution >= 0.6 is 0 Å². The van der Waals surface area contributed by atoms with Gasteiger partial charge in [0.15, 0.2) is 0 Å². The van der Waals surface area contributed by atoms with Gasteiger partial charge in [0, 0.05) is 16.4 Å². The molecular formula is C29H29N2O3+. The molecule has 1 heterocycles.